The maximum Gasteiger partial charge on any atom is 0.146 e. The Labute approximate surface area is 121 Å². The summed E-state index contributed by atoms with van der Waals surface area (Å²) in [7, 11) is 0. The molecule has 1 aromatic heterocycles. The molecule has 2 aromatic rings. The summed E-state index contributed by atoms with van der Waals surface area (Å²) < 4.78 is 16.4. The molecule has 0 aliphatic rings. The van der Waals surface area contributed by atoms with Crippen LogP contribution in [0, 0.1) is 5.82 Å². The average Bonchev–Trinajstić information content (AvgIpc) is 2.82. The molecule has 0 bridgehead atoms. The number of benzene rings is 1. The van der Waals surface area contributed by atoms with Crippen molar-refractivity contribution in [2.45, 2.75) is 33.4 Å². The Morgan fingerprint density at radius 1 is 1.32 bits per heavy atom. The van der Waals surface area contributed by atoms with Gasteiger partial charge in [-0.05, 0) is 37.6 Å². The van der Waals surface area contributed by atoms with E-state index in [0.717, 1.165) is 28.8 Å². The predicted octanol–water partition coefficient (Wildman–Crippen LogP) is 3.98. The maximum absolute atomic E-state index is 13.6. The molecule has 0 aliphatic heterocycles. The second-order valence-electron chi connectivity index (χ2n) is 4.27. The average molecular weight is 326 g/mol. The van der Waals surface area contributed by atoms with Crippen LogP contribution in [-0.2, 0) is 19.5 Å². The Bertz CT molecular complexity index is 566. The number of aromatic nitrogens is 2. The number of anilines is 1. The highest BCUT2D eigenvalue weighted by molar-refractivity contribution is 9.10. The van der Waals surface area contributed by atoms with Gasteiger partial charge in [0.1, 0.15) is 5.82 Å². The number of hydrogen-bond acceptors (Lipinski definition) is 2. The van der Waals surface area contributed by atoms with E-state index in [2.05, 4.69) is 46.3 Å². The minimum Gasteiger partial charge on any atom is -0.377 e. The minimum atomic E-state index is -0.249. The van der Waals surface area contributed by atoms with Crippen molar-refractivity contribution >= 4 is 21.6 Å². The van der Waals surface area contributed by atoms with Gasteiger partial charge < -0.3 is 5.32 Å². The van der Waals surface area contributed by atoms with E-state index < -0.39 is 0 Å². The molecule has 1 aromatic carbocycles. The quantitative estimate of drug-likeness (QED) is 0.901. The molecule has 0 spiro atoms. The van der Waals surface area contributed by atoms with E-state index in [0.29, 0.717) is 12.2 Å². The molecule has 0 saturated heterocycles. The molecular weight excluding hydrogens is 309 g/mol. The molecule has 102 valence electrons. The Kier molecular flexibility index (Phi) is 4.58. The van der Waals surface area contributed by atoms with Gasteiger partial charge >= 0.3 is 0 Å². The van der Waals surface area contributed by atoms with Crippen LogP contribution in [0.4, 0.5) is 10.1 Å². The SMILES string of the molecule is CCc1cc(CNc2cc(Br)ccc2F)n(CC)n1. The summed E-state index contributed by atoms with van der Waals surface area (Å²) in [5.74, 6) is -0.249. The van der Waals surface area contributed by atoms with E-state index >= 15 is 0 Å². The summed E-state index contributed by atoms with van der Waals surface area (Å²) in [5.41, 5.74) is 2.63. The van der Waals surface area contributed by atoms with Crippen LogP contribution in [-0.4, -0.2) is 9.78 Å². The first kappa shape index (κ1) is 14.1. The molecule has 19 heavy (non-hydrogen) atoms. The summed E-state index contributed by atoms with van der Waals surface area (Å²) in [6.07, 6.45) is 0.908. The van der Waals surface area contributed by atoms with Gasteiger partial charge in [0, 0.05) is 11.0 Å². The van der Waals surface area contributed by atoms with Gasteiger partial charge in [-0.15, -0.1) is 0 Å². The topological polar surface area (TPSA) is 29.9 Å². The monoisotopic (exact) mass is 325 g/mol. The van der Waals surface area contributed by atoms with Crippen LogP contribution in [0.5, 0.6) is 0 Å². The highest BCUT2D eigenvalue weighted by Gasteiger charge is 2.07. The van der Waals surface area contributed by atoms with Gasteiger partial charge in [-0.1, -0.05) is 22.9 Å². The van der Waals surface area contributed by atoms with E-state index in [1.165, 1.54) is 6.07 Å². The Morgan fingerprint density at radius 3 is 2.79 bits per heavy atom. The van der Waals surface area contributed by atoms with Crippen LogP contribution in [0.1, 0.15) is 25.2 Å². The lowest BCUT2D eigenvalue weighted by Crippen LogP contribution is -2.08. The van der Waals surface area contributed by atoms with Gasteiger partial charge in [-0.25, -0.2) is 4.39 Å². The fraction of sp³-hybridized carbons (Fsp3) is 0.357. The van der Waals surface area contributed by atoms with Gasteiger partial charge in [-0.3, -0.25) is 4.68 Å². The van der Waals surface area contributed by atoms with Crippen LogP contribution < -0.4 is 5.32 Å². The molecule has 0 atom stereocenters. The van der Waals surface area contributed by atoms with Gasteiger partial charge in [0.2, 0.25) is 0 Å². The lowest BCUT2D eigenvalue weighted by atomic mass is 10.2. The molecule has 3 nitrogen and oxygen atoms in total. The molecule has 0 radical (unpaired) electrons. The normalized spacial score (nSPS) is 10.7. The lowest BCUT2D eigenvalue weighted by molar-refractivity contribution is 0.614. The number of halogens is 2. The third-order valence-corrected chi connectivity index (χ3v) is 3.46. The van der Waals surface area contributed by atoms with E-state index in [1.807, 2.05) is 4.68 Å². The highest BCUT2D eigenvalue weighted by atomic mass is 79.9. The largest absolute Gasteiger partial charge is 0.377 e. The Balaban J connectivity index is 2.13. The molecule has 0 aliphatic carbocycles. The molecule has 0 unspecified atom stereocenters. The fourth-order valence-corrected chi connectivity index (χ4v) is 2.28. The van der Waals surface area contributed by atoms with Crippen molar-refractivity contribution in [1.29, 1.82) is 0 Å². The van der Waals surface area contributed by atoms with Crippen LogP contribution in [0.25, 0.3) is 0 Å². The predicted molar refractivity (Wildman–Crippen MR) is 78.7 cm³/mol. The summed E-state index contributed by atoms with van der Waals surface area (Å²) in [5, 5.41) is 7.59. The lowest BCUT2D eigenvalue weighted by Gasteiger charge is -2.09. The van der Waals surface area contributed by atoms with Gasteiger partial charge in [0.15, 0.2) is 0 Å². The summed E-state index contributed by atoms with van der Waals surface area (Å²) >= 11 is 3.34. The van der Waals surface area contributed by atoms with Crippen molar-refractivity contribution in [3.63, 3.8) is 0 Å². The van der Waals surface area contributed by atoms with Crippen molar-refractivity contribution in [1.82, 2.24) is 9.78 Å². The van der Waals surface area contributed by atoms with E-state index in [9.17, 15) is 4.39 Å². The van der Waals surface area contributed by atoms with E-state index in [1.54, 1.807) is 12.1 Å². The smallest absolute Gasteiger partial charge is 0.146 e. The third-order valence-electron chi connectivity index (χ3n) is 2.96. The zero-order valence-electron chi connectivity index (χ0n) is 11.1. The number of nitrogens with zero attached hydrogens (tertiary/aromatic N) is 2. The Hall–Kier alpha value is -1.36. The van der Waals surface area contributed by atoms with Crippen molar-refractivity contribution in [3.05, 3.63) is 45.9 Å². The Morgan fingerprint density at radius 2 is 2.11 bits per heavy atom. The molecule has 0 saturated carbocycles. The number of rotatable bonds is 5. The molecule has 0 fully saturated rings. The molecule has 0 amide bonds. The first-order valence-electron chi connectivity index (χ1n) is 6.38. The molecule has 2 rings (SSSR count). The van der Waals surface area contributed by atoms with Crippen molar-refractivity contribution in [2.75, 3.05) is 5.32 Å². The van der Waals surface area contributed by atoms with Crippen molar-refractivity contribution < 1.29 is 4.39 Å². The summed E-state index contributed by atoms with van der Waals surface area (Å²) in [6.45, 7) is 5.51. The summed E-state index contributed by atoms with van der Waals surface area (Å²) in [4.78, 5) is 0. The first-order chi connectivity index (χ1) is 9.13. The minimum absolute atomic E-state index is 0.249. The zero-order chi connectivity index (χ0) is 13.8. The third kappa shape index (κ3) is 3.35. The highest BCUT2D eigenvalue weighted by Crippen LogP contribution is 2.20. The van der Waals surface area contributed by atoms with E-state index in [4.69, 9.17) is 0 Å². The summed E-state index contributed by atoms with van der Waals surface area (Å²) in [6, 6.07) is 6.93. The molecule has 1 heterocycles. The number of hydrogen-bond donors (Lipinski definition) is 1. The first-order valence-corrected chi connectivity index (χ1v) is 7.17. The zero-order valence-corrected chi connectivity index (χ0v) is 12.7. The number of aryl methyl sites for hydroxylation is 2. The van der Waals surface area contributed by atoms with Gasteiger partial charge in [0.05, 0.1) is 23.6 Å². The second kappa shape index (κ2) is 6.19. The maximum atomic E-state index is 13.6. The van der Waals surface area contributed by atoms with Crippen molar-refractivity contribution in [3.8, 4) is 0 Å². The molecule has 1 N–H and O–H groups in total. The van der Waals surface area contributed by atoms with E-state index in [-0.39, 0.29) is 5.82 Å². The van der Waals surface area contributed by atoms with Crippen LogP contribution in [0.15, 0.2) is 28.7 Å². The van der Waals surface area contributed by atoms with Crippen LogP contribution in [0.2, 0.25) is 0 Å². The van der Waals surface area contributed by atoms with Crippen LogP contribution >= 0.6 is 15.9 Å². The standard InChI is InChI=1S/C14H17BrFN3/c1-3-11-8-12(19(4-2)18-11)9-17-14-7-10(15)5-6-13(14)16/h5-8,17H,3-4,9H2,1-2H3. The van der Waals surface area contributed by atoms with Crippen LogP contribution in [0.3, 0.4) is 0 Å². The molecule has 5 heteroatoms. The van der Waals surface area contributed by atoms with Gasteiger partial charge in [-0.2, -0.15) is 5.10 Å². The number of nitrogens with one attached hydrogen (secondary N) is 1. The molecular formula is C14H17BrFN3. The second-order valence-corrected chi connectivity index (χ2v) is 5.19. The van der Waals surface area contributed by atoms with Gasteiger partial charge in [0.25, 0.3) is 0 Å². The van der Waals surface area contributed by atoms with Crippen molar-refractivity contribution in [2.24, 2.45) is 0 Å². The fourth-order valence-electron chi connectivity index (χ4n) is 1.92.